The number of nitrogens with one attached hydrogen (secondary N) is 2. The van der Waals surface area contributed by atoms with Gasteiger partial charge in [0.1, 0.15) is 0 Å². The van der Waals surface area contributed by atoms with E-state index in [0.29, 0.717) is 32.3 Å². The van der Waals surface area contributed by atoms with E-state index in [4.69, 9.17) is 26.1 Å². The van der Waals surface area contributed by atoms with Crippen molar-refractivity contribution in [1.82, 2.24) is 15.1 Å². The van der Waals surface area contributed by atoms with Crippen LogP contribution in [0.4, 0.5) is 5.69 Å². The van der Waals surface area contributed by atoms with Gasteiger partial charge in [-0.05, 0) is 36.2 Å². The van der Waals surface area contributed by atoms with Gasteiger partial charge in [0, 0.05) is 48.5 Å². The lowest BCUT2D eigenvalue weighted by Gasteiger charge is -2.14. The highest BCUT2D eigenvalue weighted by atomic mass is 35.5. The Balaban J connectivity index is 1.45. The van der Waals surface area contributed by atoms with Crippen LogP contribution in [0.1, 0.15) is 17.5 Å². The lowest BCUT2D eigenvalue weighted by molar-refractivity contribution is 0.297. The predicted octanol–water partition coefficient (Wildman–Crippen LogP) is 4.04. The third kappa shape index (κ3) is 6.15. The summed E-state index contributed by atoms with van der Waals surface area (Å²) < 4.78 is 13.3. The monoisotopic (exact) mass is 439 g/mol. The zero-order valence-corrected chi connectivity index (χ0v) is 18.2. The van der Waals surface area contributed by atoms with E-state index in [1.54, 1.807) is 4.68 Å². The number of anilines is 1. The van der Waals surface area contributed by atoms with Crippen molar-refractivity contribution in [3.05, 3.63) is 71.0 Å². The maximum absolute atomic E-state index is 6.10. The molecular formula is C23H26ClN5O2. The number of hydrogen-bond acceptors (Lipinski definition) is 4. The Hall–Kier alpha value is -3.19. The standard InChI is InChI=1S/C23H26ClN5O2/c1-29-16-18(15-27-29)14-26-23(25-9-8-17-4-2-5-19(24)12-17)28-20-6-7-21-22(13-20)31-11-3-10-30-21/h2,4-7,12-13,15-16H,3,8-11,14H2,1H3,(H2,25,26,28). The highest BCUT2D eigenvalue weighted by molar-refractivity contribution is 6.30. The van der Waals surface area contributed by atoms with E-state index in [9.17, 15) is 0 Å². The number of rotatable bonds is 6. The third-order valence-electron chi connectivity index (χ3n) is 4.78. The normalized spacial score (nSPS) is 13.5. The van der Waals surface area contributed by atoms with Gasteiger partial charge in [-0.15, -0.1) is 0 Å². The van der Waals surface area contributed by atoms with Crippen molar-refractivity contribution in [1.29, 1.82) is 0 Å². The maximum atomic E-state index is 6.10. The van der Waals surface area contributed by atoms with Crippen molar-refractivity contribution in [2.45, 2.75) is 19.4 Å². The van der Waals surface area contributed by atoms with Gasteiger partial charge in [0.25, 0.3) is 0 Å². The fourth-order valence-corrected chi connectivity index (χ4v) is 3.47. The predicted molar refractivity (Wildman–Crippen MR) is 123 cm³/mol. The Labute approximate surface area is 187 Å². The van der Waals surface area contributed by atoms with Crippen molar-refractivity contribution in [3.63, 3.8) is 0 Å². The molecule has 162 valence electrons. The largest absolute Gasteiger partial charge is 0.490 e. The first-order valence-corrected chi connectivity index (χ1v) is 10.7. The van der Waals surface area contributed by atoms with Crippen LogP contribution in [0.2, 0.25) is 5.02 Å². The van der Waals surface area contributed by atoms with Crippen LogP contribution in [0.5, 0.6) is 11.5 Å². The quantitative estimate of drug-likeness (QED) is 0.448. The lowest BCUT2D eigenvalue weighted by atomic mass is 10.1. The number of aryl methyl sites for hydroxylation is 1. The summed E-state index contributed by atoms with van der Waals surface area (Å²) in [7, 11) is 1.90. The van der Waals surface area contributed by atoms with E-state index in [-0.39, 0.29) is 0 Å². The molecule has 0 aliphatic carbocycles. The topological polar surface area (TPSA) is 72.7 Å². The molecule has 7 nitrogen and oxygen atoms in total. The fraction of sp³-hybridized carbons (Fsp3) is 0.304. The van der Waals surface area contributed by atoms with Crippen LogP contribution < -0.4 is 20.1 Å². The second-order valence-corrected chi connectivity index (χ2v) is 7.77. The molecule has 1 aliphatic heterocycles. The summed E-state index contributed by atoms with van der Waals surface area (Å²) in [5.41, 5.74) is 3.09. The maximum Gasteiger partial charge on any atom is 0.196 e. The van der Waals surface area contributed by atoms with Gasteiger partial charge in [-0.3, -0.25) is 4.68 Å². The molecule has 0 spiro atoms. The number of ether oxygens (including phenoxy) is 2. The molecule has 2 aromatic carbocycles. The van der Waals surface area contributed by atoms with E-state index in [0.717, 1.165) is 40.6 Å². The first-order valence-electron chi connectivity index (χ1n) is 10.3. The Morgan fingerprint density at radius 2 is 2.00 bits per heavy atom. The second-order valence-electron chi connectivity index (χ2n) is 7.33. The average molecular weight is 440 g/mol. The van der Waals surface area contributed by atoms with Crippen LogP contribution in [-0.2, 0) is 20.0 Å². The van der Waals surface area contributed by atoms with Crippen molar-refractivity contribution in [2.24, 2.45) is 12.0 Å². The van der Waals surface area contributed by atoms with Crippen LogP contribution in [0.15, 0.2) is 59.9 Å². The number of aliphatic imine (C=N–C) groups is 1. The number of hydrogen-bond donors (Lipinski definition) is 2. The lowest BCUT2D eigenvalue weighted by Crippen LogP contribution is -2.32. The molecule has 8 heteroatoms. The number of benzene rings is 2. The van der Waals surface area contributed by atoms with E-state index >= 15 is 0 Å². The highest BCUT2D eigenvalue weighted by Gasteiger charge is 2.11. The van der Waals surface area contributed by atoms with Gasteiger partial charge in [0.15, 0.2) is 17.5 Å². The van der Waals surface area contributed by atoms with Crippen molar-refractivity contribution in [3.8, 4) is 11.5 Å². The van der Waals surface area contributed by atoms with Crippen LogP contribution in [-0.4, -0.2) is 35.5 Å². The zero-order chi connectivity index (χ0) is 21.5. The number of nitrogens with zero attached hydrogens (tertiary/aromatic N) is 3. The Bertz CT molecular complexity index is 1050. The minimum atomic E-state index is 0.519. The molecule has 3 aromatic rings. The van der Waals surface area contributed by atoms with Gasteiger partial charge < -0.3 is 20.1 Å². The molecule has 2 N–H and O–H groups in total. The average Bonchev–Trinajstić information content (AvgIpc) is 3.03. The van der Waals surface area contributed by atoms with Gasteiger partial charge in [-0.25, -0.2) is 4.99 Å². The molecule has 1 aromatic heterocycles. The number of guanidine groups is 1. The molecule has 4 rings (SSSR count). The summed E-state index contributed by atoms with van der Waals surface area (Å²) in [6.45, 7) is 2.55. The van der Waals surface area contributed by atoms with E-state index in [2.05, 4.69) is 21.8 Å². The second kappa shape index (κ2) is 10.2. The van der Waals surface area contributed by atoms with Gasteiger partial charge >= 0.3 is 0 Å². The zero-order valence-electron chi connectivity index (χ0n) is 17.5. The summed E-state index contributed by atoms with van der Waals surface area (Å²) in [4.78, 5) is 4.72. The molecule has 0 amide bonds. The molecule has 0 saturated carbocycles. The summed E-state index contributed by atoms with van der Waals surface area (Å²) >= 11 is 6.10. The summed E-state index contributed by atoms with van der Waals surface area (Å²) in [6, 6.07) is 13.7. The van der Waals surface area contributed by atoms with Crippen molar-refractivity contribution in [2.75, 3.05) is 25.1 Å². The highest BCUT2D eigenvalue weighted by Crippen LogP contribution is 2.32. The summed E-state index contributed by atoms with van der Waals surface area (Å²) in [5, 5.41) is 11.7. The first kappa shape index (κ1) is 21.1. The molecule has 31 heavy (non-hydrogen) atoms. The van der Waals surface area contributed by atoms with Crippen LogP contribution >= 0.6 is 11.6 Å². The van der Waals surface area contributed by atoms with Gasteiger partial charge in [0.05, 0.1) is 26.0 Å². The van der Waals surface area contributed by atoms with E-state index < -0.39 is 0 Å². The summed E-state index contributed by atoms with van der Waals surface area (Å²) in [6.07, 6.45) is 5.48. The smallest absolute Gasteiger partial charge is 0.196 e. The van der Waals surface area contributed by atoms with Crippen LogP contribution in [0.3, 0.4) is 0 Å². The first-order chi connectivity index (χ1) is 15.2. The minimum Gasteiger partial charge on any atom is -0.490 e. The molecule has 0 atom stereocenters. The molecule has 0 radical (unpaired) electrons. The minimum absolute atomic E-state index is 0.519. The van der Waals surface area contributed by atoms with E-state index in [1.807, 2.05) is 55.8 Å². The molecule has 0 unspecified atom stereocenters. The molecule has 2 heterocycles. The molecule has 0 saturated heterocycles. The van der Waals surface area contributed by atoms with Gasteiger partial charge in [0.2, 0.25) is 0 Å². The summed E-state index contributed by atoms with van der Waals surface area (Å²) in [5.74, 6) is 2.19. The Morgan fingerprint density at radius 3 is 2.81 bits per heavy atom. The third-order valence-corrected chi connectivity index (χ3v) is 5.02. The van der Waals surface area contributed by atoms with Crippen LogP contribution in [0, 0.1) is 0 Å². The molecule has 0 fully saturated rings. The van der Waals surface area contributed by atoms with Gasteiger partial charge in [-0.2, -0.15) is 5.10 Å². The molecular weight excluding hydrogens is 414 g/mol. The Kier molecular flexibility index (Phi) is 6.94. The molecule has 1 aliphatic rings. The number of aromatic nitrogens is 2. The Morgan fingerprint density at radius 1 is 1.13 bits per heavy atom. The van der Waals surface area contributed by atoms with Crippen molar-refractivity contribution >= 4 is 23.2 Å². The molecule has 0 bridgehead atoms. The van der Waals surface area contributed by atoms with Gasteiger partial charge in [-0.1, -0.05) is 23.7 Å². The fourth-order valence-electron chi connectivity index (χ4n) is 3.26. The number of halogens is 1. The SMILES string of the molecule is Cn1cc(CN=C(NCCc2cccc(Cl)c2)Nc2ccc3c(c2)OCCCO3)cn1. The van der Waals surface area contributed by atoms with E-state index in [1.165, 1.54) is 5.56 Å². The van der Waals surface area contributed by atoms with Crippen LogP contribution in [0.25, 0.3) is 0 Å². The number of fused-ring (bicyclic) bond motifs is 1. The van der Waals surface area contributed by atoms with Crippen molar-refractivity contribution < 1.29 is 9.47 Å².